The number of carbonyl (C=O) groups is 1. The van der Waals surface area contributed by atoms with Crippen LogP contribution in [0.1, 0.15) is 18.4 Å². The highest BCUT2D eigenvalue weighted by Gasteiger charge is 2.26. The monoisotopic (exact) mass is 447 g/mol. The van der Waals surface area contributed by atoms with Gasteiger partial charge in [-0.3, -0.25) is 9.59 Å². The molecule has 1 fully saturated rings. The third-order valence-corrected chi connectivity index (χ3v) is 6.34. The zero-order chi connectivity index (χ0) is 18.8. The van der Waals surface area contributed by atoms with Crippen LogP contribution in [0.5, 0.6) is 0 Å². The highest BCUT2D eigenvalue weighted by molar-refractivity contribution is 9.10. The van der Waals surface area contributed by atoms with Crippen molar-refractivity contribution in [2.75, 3.05) is 18.0 Å². The van der Waals surface area contributed by atoms with Crippen molar-refractivity contribution in [2.24, 2.45) is 5.92 Å². The Balaban J connectivity index is 1.33. The summed E-state index contributed by atoms with van der Waals surface area (Å²) >= 11 is 4.76. The molecule has 1 aliphatic rings. The summed E-state index contributed by atoms with van der Waals surface area (Å²) in [6.45, 7) is 2.03. The van der Waals surface area contributed by atoms with Crippen LogP contribution in [0.15, 0.2) is 39.9 Å². The van der Waals surface area contributed by atoms with Gasteiger partial charge in [-0.15, -0.1) is 0 Å². The van der Waals surface area contributed by atoms with Crippen LogP contribution in [-0.2, 0) is 11.3 Å². The second-order valence-corrected chi connectivity index (χ2v) is 8.38. The smallest absolute Gasteiger partial charge is 0.270 e. The van der Waals surface area contributed by atoms with Gasteiger partial charge in [-0.05, 0) is 30.5 Å². The summed E-state index contributed by atoms with van der Waals surface area (Å²) in [5.74, 6) is 0.104. The Morgan fingerprint density at radius 3 is 2.74 bits per heavy atom. The van der Waals surface area contributed by atoms with Crippen LogP contribution in [0, 0.1) is 5.92 Å². The van der Waals surface area contributed by atoms with Crippen LogP contribution in [0.25, 0.3) is 10.3 Å². The van der Waals surface area contributed by atoms with Crippen molar-refractivity contribution >= 4 is 48.7 Å². The van der Waals surface area contributed by atoms with Gasteiger partial charge in [-0.25, -0.2) is 4.98 Å². The number of aromatic amines is 1. The van der Waals surface area contributed by atoms with E-state index in [4.69, 9.17) is 0 Å². The van der Waals surface area contributed by atoms with E-state index < -0.39 is 0 Å². The molecule has 9 heteroatoms. The van der Waals surface area contributed by atoms with Crippen molar-refractivity contribution in [1.29, 1.82) is 0 Å². The fourth-order valence-electron chi connectivity index (χ4n) is 3.16. The normalized spacial score (nSPS) is 15.2. The maximum absolute atomic E-state index is 12.5. The molecule has 0 saturated carbocycles. The summed E-state index contributed by atoms with van der Waals surface area (Å²) in [4.78, 5) is 37.6. The molecule has 3 heterocycles. The molecular weight excluding hydrogens is 430 g/mol. The number of hydrogen-bond acceptors (Lipinski definition) is 6. The number of halogens is 1. The van der Waals surface area contributed by atoms with Crippen molar-refractivity contribution in [3.63, 3.8) is 0 Å². The van der Waals surface area contributed by atoms with E-state index in [-0.39, 0.29) is 17.4 Å². The van der Waals surface area contributed by atoms with Crippen molar-refractivity contribution < 1.29 is 4.79 Å². The number of hydrogen-bond donors (Lipinski definition) is 2. The fraction of sp³-hybridized carbons (Fsp3) is 0.333. The number of amides is 1. The predicted molar refractivity (Wildman–Crippen MR) is 109 cm³/mol. The second-order valence-electron chi connectivity index (χ2n) is 6.49. The summed E-state index contributed by atoms with van der Waals surface area (Å²) < 4.78 is 1.57. The summed E-state index contributed by atoms with van der Waals surface area (Å²) in [6.07, 6.45) is 2.91. The third kappa shape index (κ3) is 4.03. The Hall–Kier alpha value is -2.26. The van der Waals surface area contributed by atoms with E-state index in [9.17, 15) is 9.59 Å². The number of thiazole rings is 1. The Kier molecular flexibility index (Phi) is 5.22. The standard InChI is InChI=1S/C18H18BrN5O2S/c19-13-3-1-11(2-4-13)9-20-16(25)12-5-7-24(8-6-12)18-23-15-14(27-18)17(26)22-10-21-15/h1-4,10,12H,5-9H2,(H,20,25)(H,21,22,26). The summed E-state index contributed by atoms with van der Waals surface area (Å²) in [5.41, 5.74) is 1.40. The molecule has 1 amide bonds. The predicted octanol–water partition coefficient (Wildman–Crippen LogP) is 2.67. The molecular formula is C18H18BrN5O2S. The Morgan fingerprint density at radius 1 is 1.30 bits per heavy atom. The molecule has 0 radical (unpaired) electrons. The Labute approximate surface area is 168 Å². The summed E-state index contributed by atoms with van der Waals surface area (Å²) in [6, 6.07) is 7.93. The van der Waals surface area contributed by atoms with Crippen LogP contribution >= 0.6 is 27.3 Å². The lowest BCUT2D eigenvalue weighted by Crippen LogP contribution is -2.40. The average Bonchev–Trinajstić information content (AvgIpc) is 3.13. The van der Waals surface area contributed by atoms with Crippen LogP contribution in [0.3, 0.4) is 0 Å². The van der Waals surface area contributed by atoms with Crippen molar-refractivity contribution in [2.45, 2.75) is 19.4 Å². The van der Waals surface area contributed by atoms with Gasteiger partial charge in [0.25, 0.3) is 5.56 Å². The van der Waals surface area contributed by atoms with Gasteiger partial charge in [0.2, 0.25) is 5.91 Å². The molecule has 7 nitrogen and oxygen atoms in total. The van der Waals surface area contributed by atoms with Crippen LogP contribution in [0.2, 0.25) is 0 Å². The van der Waals surface area contributed by atoms with Gasteiger partial charge >= 0.3 is 0 Å². The maximum atomic E-state index is 12.5. The number of H-pyrrole nitrogens is 1. The molecule has 27 heavy (non-hydrogen) atoms. The lowest BCUT2D eigenvalue weighted by molar-refractivity contribution is -0.125. The molecule has 2 N–H and O–H groups in total. The first-order chi connectivity index (χ1) is 13.1. The van der Waals surface area contributed by atoms with E-state index in [2.05, 4.69) is 41.1 Å². The lowest BCUT2D eigenvalue weighted by Gasteiger charge is -2.30. The zero-order valence-electron chi connectivity index (χ0n) is 14.4. The molecule has 0 bridgehead atoms. The minimum Gasteiger partial charge on any atom is -0.352 e. The van der Waals surface area contributed by atoms with Gasteiger partial charge in [-0.2, -0.15) is 4.98 Å². The largest absolute Gasteiger partial charge is 0.352 e. The van der Waals surface area contributed by atoms with Gasteiger partial charge < -0.3 is 15.2 Å². The molecule has 1 aromatic carbocycles. The van der Waals surface area contributed by atoms with Gasteiger partial charge in [0.05, 0.1) is 6.33 Å². The number of piperidine rings is 1. The molecule has 1 aliphatic heterocycles. The van der Waals surface area contributed by atoms with Gasteiger partial charge in [0.1, 0.15) is 4.70 Å². The van der Waals surface area contributed by atoms with E-state index in [0.717, 1.165) is 41.1 Å². The summed E-state index contributed by atoms with van der Waals surface area (Å²) in [7, 11) is 0. The second kappa shape index (κ2) is 7.77. The zero-order valence-corrected chi connectivity index (χ0v) is 16.8. The van der Waals surface area contributed by atoms with E-state index >= 15 is 0 Å². The average molecular weight is 448 g/mol. The quantitative estimate of drug-likeness (QED) is 0.641. The Bertz CT molecular complexity index is 1010. The first-order valence-corrected chi connectivity index (χ1v) is 10.3. The van der Waals surface area contributed by atoms with E-state index in [1.807, 2.05) is 24.3 Å². The molecule has 0 spiro atoms. The molecule has 4 rings (SSSR count). The highest BCUT2D eigenvalue weighted by atomic mass is 79.9. The molecule has 2 aromatic heterocycles. The number of nitrogens with one attached hydrogen (secondary N) is 2. The van der Waals surface area contributed by atoms with Crippen molar-refractivity contribution in [3.05, 3.63) is 51.0 Å². The van der Waals surface area contributed by atoms with Crippen LogP contribution in [-0.4, -0.2) is 33.9 Å². The van der Waals surface area contributed by atoms with Crippen LogP contribution in [0.4, 0.5) is 5.13 Å². The molecule has 0 aliphatic carbocycles. The number of aromatic nitrogens is 3. The number of carbonyl (C=O) groups excluding carboxylic acids is 1. The molecule has 140 valence electrons. The first-order valence-electron chi connectivity index (χ1n) is 8.71. The minimum atomic E-state index is -0.161. The summed E-state index contributed by atoms with van der Waals surface area (Å²) in [5, 5.41) is 3.82. The number of benzene rings is 1. The number of anilines is 1. The van der Waals surface area contributed by atoms with E-state index in [1.54, 1.807) is 0 Å². The van der Waals surface area contributed by atoms with Gasteiger partial charge in [0.15, 0.2) is 10.8 Å². The van der Waals surface area contributed by atoms with E-state index in [1.165, 1.54) is 17.7 Å². The SMILES string of the molecule is O=C(NCc1ccc(Br)cc1)C1CCN(c2nc3nc[nH]c(=O)c3s2)CC1. The fourth-order valence-corrected chi connectivity index (χ4v) is 4.39. The highest BCUT2D eigenvalue weighted by Crippen LogP contribution is 2.29. The molecule has 3 aromatic rings. The maximum Gasteiger partial charge on any atom is 0.270 e. The first kappa shape index (κ1) is 18.1. The van der Waals surface area contributed by atoms with E-state index in [0.29, 0.717) is 16.9 Å². The van der Waals surface area contributed by atoms with Gasteiger partial charge in [-0.1, -0.05) is 39.4 Å². The van der Waals surface area contributed by atoms with Crippen molar-refractivity contribution in [3.8, 4) is 0 Å². The Morgan fingerprint density at radius 2 is 2.04 bits per heavy atom. The lowest BCUT2D eigenvalue weighted by atomic mass is 9.96. The number of rotatable bonds is 4. The molecule has 0 atom stereocenters. The van der Waals surface area contributed by atoms with Gasteiger partial charge in [0, 0.05) is 30.0 Å². The minimum absolute atomic E-state index is 0.00704. The topological polar surface area (TPSA) is 91.0 Å². The number of fused-ring (bicyclic) bond motifs is 1. The molecule has 0 unspecified atom stereocenters. The van der Waals surface area contributed by atoms with Crippen LogP contribution < -0.4 is 15.8 Å². The van der Waals surface area contributed by atoms with Crippen molar-refractivity contribution in [1.82, 2.24) is 20.3 Å². The third-order valence-electron chi connectivity index (χ3n) is 4.70. The number of nitrogens with zero attached hydrogens (tertiary/aromatic N) is 3. The molecule has 1 saturated heterocycles.